The van der Waals surface area contributed by atoms with Crippen LogP contribution in [0.15, 0.2) is 0 Å². The standard InChI is InChI=1S/C50H82O22/c1-20-7-12-50(64-18-20)21(2)32-28(72-50)14-26-24-6-5-22-13-23(8-10-48(22,3)25(24)9-11-49(26,32)4)65-45-40(62)37(59)41(31(17-53)68-45)69-47-43(71-46-39(61)36(58)34(56)29(15-51)66-46)42(35(57)30(16-52)67-47)70-44-38(60)33(55)27(54)19-63-44/h20-47,51-62H,5-19H2,1-4H3/t20?,21?,22?,23?,24?,25?,26?,27-,28?,29-,30-,31-,32?,33+,34-,35-,36+,37-,38-,39-,40-,41-,42+,43-,44+,45-,46+,47+,48+,49+,50?/m1/s1. The van der Waals surface area contributed by atoms with Gasteiger partial charge in [0.25, 0.3) is 0 Å². The van der Waals surface area contributed by atoms with Crippen molar-refractivity contribution < 1.29 is 109 Å². The van der Waals surface area contributed by atoms with Gasteiger partial charge in [0.2, 0.25) is 0 Å². The lowest BCUT2D eigenvalue weighted by atomic mass is 9.44. The van der Waals surface area contributed by atoms with Crippen LogP contribution >= 0.6 is 0 Å². The van der Waals surface area contributed by atoms with Gasteiger partial charge in [-0.3, -0.25) is 0 Å². The van der Waals surface area contributed by atoms with Crippen LogP contribution in [0.4, 0.5) is 0 Å². The van der Waals surface area contributed by atoms with E-state index in [9.17, 15) is 61.3 Å². The van der Waals surface area contributed by atoms with E-state index in [-0.39, 0.29) is 23.0 Å². The van der Waals surface area contributed by atoms with Crippen LogP contribution in [0.25, 0.3) is 0 Å². The molecule has 414 valence electrons. The number of aliphatic hydroxyl groups excluding tert-OH is 12. The average molecular weight is 1040 g/mol. The van der Waals surface area contributed by atoms with E-state index in [1.54, 1.807) is 0 Å². The smallest absolute Gasteiger partial charge is 0.187 e. The summed E-state index contributed by atoms with van der Waals surface area (Å²) in [5.41, 5.74) is 0.293. The molecule has 10 unspecified atom stereocenters. The monoisotopic (exact) mass is 1030 g/mol. The van der Waals surface area contributed by atoms with Gasteiger partial charge in [0.1, 0.15) is 91.6 Å². The van der Waals surface area contributed by atoms with E-state index >= 15 is 0 Å². The van der Waals surface area contributed by atoms with E-state index in [0.717, 1.165) is 51.6 Å². The van der Waals surface area contributed by atoms with Crippen molar-refractivity contribution in [3.05, 3.63) is 0 Å². The van der Waals surface area contributed by atoms with Crippen molar-refractivity contribution in [1.82, 2.24) is 0 Å². The minimum absolute atomic E-state index is 0.0916. The van der Waals surface area contributed by atoms with Crippen molar-refractivity contribution in [1.29, 1.82) is 0 Å². The van der Waals surface area contributed by atoms with Crippen LogP contribution < -0.4 is 0 Å². The Balaban J connectivity index is 0.812. The first-order valence-electron chi connectivity index (χ1n) is 26.7. The Labute approximate surface area is 419 Å². The first-order valence-corrected chi connectivity index (χ1v) is 26.7. The lowest BCUT2D eigenvalue weighted by Gasteiger charge is -2.61. The molecule has 0 radical (unpaired) electrons. The summed E-state index contributed by atoms with van der Waals surface area (Å²) in [5.74, 6) is 3.06. The van der Waals surface area contributed by atoms with E-state index in [1.807, 2.05) is 0 Å². The number of rotatable bonds is 11. The minimum Gasteiger partial charge on any atom is -0.394 e. The highest BCUT2D eigenvalue weighted by Gasteiger charge is 2.69. The number of fused-ring (bicyclic) bond motifs is 7. The maximum absolute atomic E-state index is 11.8. The molecule has 0 bridgehead atoms. The molecular weight excluding hydrogens is 953 g/mol. The molecular formula is C50H82O22. The van der Waals surface area contributed by atoms with Gasteiger partial charge in [0, 0.05) is 12.3 Å². The molecule has 22 nitrogen and oxygen atoms in total. The third kappa shape index (κ3) is 9.26. The van der Waals surface area contributed by atoms with Crippen molar-refractivity contribution in [3.63, 3.8) is 0 Å². The number of aliphatic hydroxyl groups is 12. The van der Waals surface area contributed by atoms with Gasteiger partial charge in [-0.15, -0.1) is 0 Å². The van der Waals surface area contributed by atoms with Gasteiger partial charge in [-0.25, -0.2) is 0 Å². The molecule has 0 aromatic carbocycles. The molecule has 10 fully saturated rings. The molecule has 1 spiro atoms. The predicted molar refractivity (Wildman–Crippen MR) is 242 cm³/mol. The Morgan fingerprint density at radius 2 is 1.14 bits per heavy atom. The van der Waals surface area contributed by atoms with Crippen LogP contribution in [0.1, 0.15) is 91.9 Å². The zero-order valence-electron chi connectivity index (χ0n) is 41.7. The van der Waals surface area contributed by atoms with Gasteiger partial charge in [0.15, 0.2) is 30.9 Å². The summed E-state index contributed by atoms with van der Waals surface area (Å²) in [6.45, 7) is 7.42. The molecule has 0 aromatic heterocycles. The van der Waals surface area contributed by atoms with Crippen LogP contribution in [0.2, 0.25) is 0 Å². The second-order valence-corrected chi connectivity index (χ2v) is 23.9. The lowest BCUT2D eigenvalue weighted by Crippen LogP contribution is -2.68. The molecule has 4 saturated carbocycles. The molecule has 10 rings (SSSR count). The van der Waals surface area contributed by atoms with E-state index < -0.39 is 149 Å². The Hall–Kier alpha value is -0.880. The summed E-state index contributed by atoms with van der Waals surface area (Å²) in [7, 11) is 0. The van der Waals surface area contributed by atoms with Gasteiger partial charge < -0.3 is 109 Å². The molecule has 6 saturated heterocycles. The fourth-order valence-corrected chi connectivity index (χ4v) is 15.9. The molecule has 4 aliphatic carbocycles. The normalized spacial score (nSPS) is 57.8. The average Bonchev–Trinajstić information content (AvgIpc) is 3.82. The third-order valence-electron chi connectivity index (χ3n) is 20.0. The molecule has 0 aromatic rings. The van der Waals surface area contributed by atoms with E-state index in [4.69, 9.17) is 47.4 Å². The Morgan fingerprint density at radius 3 is 1.85 bits per heavy atom. The molecule has 0 amide bonds. The first kappa shape index (κ1) is 54.5. The number of ether oxygens (including phenoxy) is 10. The van der Waals surface area contributed by atoms with Gasteiger partial charge in [-0.05, 0) is 104 Å². The number of hydrogen-bond donors (Lipinski definition) is 12. The van der Waals surface area contributed by atoms with Crippen LogP contribution in [-0.4, -0.2) is 229 Å². The van der Waals surface area contributed by atoms with E-state index in [1.165, 1.54) is 12.8 Å². The van der Waals surface area contributed by atoms with Gasteiger partial charge in [0.05, 0.1) is 45.2 Å². The molecule has 6 heterocycles. The molecule has 6 aliphatic heterocycles. The highest BCUT2D eigenvalue weighted by molar-refractivity contribution is 5.15. The van der Waals surface area contributed by atoms with E-state index in [0.29, 0.717) is 47.8 Å². The Kier molecular flexibility index (Phi) is 15.9. The lowest BCUT2D eigenvalue weighted by molar-refractivity contribution is -0.404. The fourth-order valence-electron chi connectivity index (χ4n) is 15.9. The van der Waals surface area contributed by atoms with Crippen molar-refractivity contribution >= 4 is 0 Å². The maximum Gasteiger partial charge on any atom is 0.187 e. The zero-order chi connectivity index (χ0) is 51.3. The molecule has 12 N–H and O–H groups in total. The van der Waals surface area contributed by atoms with Crippen LogP contribution in [-0.2, 0) is 47.4 Å². The van der Waals surface area contributed by atoms with Crippen molar-refractivity contribution in [3.8, 4) is 0 Å². The largest absolute Gasteiger partial charge is 0.394 e. The molecule has 31 atom stereocenters. The Morgan fingerprint density at radius 1 is 0.514 bits per heavy atom. The topological polar surface area (TPSA) is 335 Å². The Bertz CT molecular complexity index is 1830. The minimum atomic E-state index is -2.00. The molecule has 10 aliphatic rings. The quantitative estimate of drug-likeness (QED) is 0.0971. The highest BCUT2D eigenvalue weighted by Crippen LogP contribution is 2.71. The highest BCUT2D eigenvalue weighted by atomic mass is 16.8. The van der Waals surface area contributed by atoms with Gasteiger partial charge in [-0.2, -0.15) is 0 Å². The number of hydrogen-bond acceptors (Lipinski definition) is 22. The third-order valence-corrected chi connectivity index (χ3v) is 20.0. The first-order chi connectivity index (χ1) is 34.3. The summed E-state index contributed by atoms with van der Waals surface area (Å²) in [6.07, 6.45) is -22.9. The summed E-state index contributed by atoms with van der Waals surface area (Å²) < 4.78 is 61.4. The second kappa shape index (κ2) is 21.1. The van der Waals surface area contributed by atoms with Crippen molar-refractivity contribution in [2.45, 2.75) is 227 Å². The van der Waals surface area contributed by atoms with Crippen LogP contribution in [0.5, 0.6) is 0 Å². The van der Waals surface area contributed by atoms with E-state index in [2.05, 4.69) is 27.7 Å². The zero-order valence-corrected chi connectivity index (χ0v) is 41.7. The van der Waals surface area contributed by atoms with Crippen LogP contribution in [0, 0.1) is 52.3 Å². The van der Waals surface area contributed by atoms with Gasteiger partial charge >= 0.3 is 0 Å². The summed E-state index contributed by atoms with van der Waals surface area (Å²) in [5, 5.41) is 129. The maximum atomic E-state index is 11.8. The second-order valence-electron chi connectivity index (χ2n) is 23.9. The summed E-state index contributed by atoms with van der Waals surface area (Å²) >= 11 is 0. The summed E-state index contributed by atoms with van der Waals surface area (Å²) in [4.78, 5) is 0. The fraction of sp³-hybridized carbons (Fsp3) is 1.00. The van der Waals surface area contributed by atoms with Gasteiger partial charge in [-0.1, -0.05) is 27.7 Å². The molecule has 22 heteroatoms. The van der Waals surface area contributed by atoms with Crippen LogP contribution in [0.3, 0.4) is 0 Å². The predicted octanol–water partition coefficient (Wildman–Crippen LogP) is -2.27. The van der Waals surface area contributed by atoms with Crippen molar-refractivity contribution in [2.75, 3.05) is 33.0 Å². The van der Waals surface area contributed by atoms with Crippen molar-refractivity contribution in [2.24, 2.45) is 52.3 Å². The SMILES string of the molecule is CC1CCC2(OC1)OC1CC3C4CCC5CC(O[C@@H]6O[C@H](CO)[C@@H](O[C@@H]7O[C@H](CO)[C@@H](O)[C@H](O[C@@H]8OC[C@@H](O)[C@H](O)[C@H]8O)[C@H]7O[C@@H]7O[C@H](CO)[C@@H](O)[C@H](O)[C@H]7O)[C@H](O)[C@H]6O)CC[C@]5(C)C4CC[C@]3(C)C1C2C. The summed E-state index contributed by atoms with van der Waals surface area (Å²) in [6, 6.07) is 0. The molecule has 72 heavy (non-hydrogen) atoms.